The van der Waals surface area contributed by atoms with Crippen molar-refractivity contribution in [1.82, 2.24) is 0 Å². The van der Waals surface area contributed by atoms with E-state index in [1.807, 2.05) is 18.2 Å². The van der Waals surface area contributed by atoms with Gasteiger partial charge in [0, 0.05) is 6.42 Å². The average molecular weight is 490 g/mol. The second-order valence-corrected chi connectivity index (χ2v) is 7.31. The summed E-state index contributed by atoms with van der Waals surface area (Å²) >= 11 is 0. The number of carboxylic acid groups (broad SMARTS) is 1. The molecule has 0 aliphatic rings. The third-order valence-electron chi connectivity index (χ3n) is 4.74. The fraction of sp³-hybridized carbons (Fsp3) is 0.174. The van der Waals surface area contributed by atoms with Gasteiger partial charge in [0.2, 0.25) is 0 Å². The van der Waals surface area contributed by atoms with Crippen molar-refractivity contribution < 1.29 is 9.90 Å². The summed E-state index contributed by atoms with van der Waals surface area (Å²) in [5.74, 6) is -0.745. The van der Waals surface area contributed by atoms with Gasteiger partial charge in [-0.15, -0.1) is 33.2 Å². The molecule has 27 heavy (non-hydrogen) atoms. The minimum absolute atomic E-state index is 0. The maximum absolute atomic E-state index is 10.9. The number of carboxylic acids is 1. The Labute approximate surface area is 180 Å². The first-order valence-electron chi connectivity index (χ1n) is 8.82. The highest BCUT2D eigenvalue weighted by atomic mass is 127. The summed E-state index contributed by atoms with van der Waals surface area (Å²) in [5.41, 5.74) is 4.79. The first kappa shape index (κ1) is 21.6. The molecule has 1 N–H and O–H groups in total. The van der Waals surface area contributed by atoms with Crippen molar-refractivity contribution in [3.05, 3.63) is 107 Å². The Morgan fingerprint density at radius 2 is 1.30 bits per heavy atom. The van der Waals surface area contributed by atoms with Gasteiger partial charge in [-0.2, -0.15) is 0 Å². The van der Waals surface area contributed by atoms with E-state index in [0.717, 1.165) is 6.42 Å². The van der Waals surface area contributed by atoms with Crippen LogP contribution in [0.25, 0.3) is 0 Å². The fourth-order valence-electron chi connectivity index (χ4n) is 3.43. The molecule has 0 aliphatic carbocycles. The second-order valence-electron chi connectivity index (χ2n) is 6.44. The standard InChI is InChI=1S/C23H23O2P.HI/c24-22(25)17-9-11-18-10-7-8-16-21(18)23(26,19-12-3-1-4-13-19)20-14-5-2-6-15-20;/h1-8,10,12-16H,9,11,17,26H2,(H,24,25);1H. The summed E-state index contributed by atoms with van der Waals surface area (Å²) in [7, 11) is 3.06. The molecule has 0 bridgehead atoms. The molecule has 2 nitrogen and oxygen atoms in total. The lowest BCUT2D eigenvalue weighted by molar-refractivity contribution is -0.137. The zero-order valence-electron chi connectivity index (χ0n) is 15.0. The van der Waals surface area contributed by atoms with Crippen LogP contribution in [0.1, 0.15) is 35.1 Å². The molecule has 0 heterocycles. The molecule has 0 aromatic heterocycles. The van der Waals surface area contributed by atoms with Gasteiger partial charge < -0.3 is 5.11 Å². The molecule has 0 radical (unpaired) electrons. The highest BCUT2D eigenvalue weighted by Gasteiger charge is 2.32. The number of aliphatic carboxylic acids is 1. The van der Waals surface area contributed by atoms with Crippen LogP contribution in [0.15, 0.2) is 84.9 Å². The Morgan fingerprint density at radius 3 is 1.81 bits per heavy atom. The van der Waals surface area contributed by atoms with E-state index in [1.54, 1.807) is 0 Å². The predicted molar refractivity (Wildman–Crippen MR) is 125 cm³/mol. The highest BCUT2D eigenvalue weighted by molar-refractivity contribution is 14.0. The summed E-state index contributed by atoms with van der Waals surface area (Å²) in [4.78, 5) is 10.9. The summed E-state index contributed by atoms with van der Waals surface area (Å²) in [6.07, 6.45) is 1.57. The van der Waals surface area contributed by atoms with Crippen molar-refractivity contribution in [2.45, 2.75) is 24.4 Å². The van der Waals surface area contributed by atoms with Gasteiger partial charge >= 0.3 is 5.97 Å². The molecule has 0 aliphatic heterocycles. The van der Waals surface area contributed by atoms with Crippen LogP contribution in [0.3, 0.4) is 0 Å². The smallest absolute Gasteiger partial charge is 0.303 e. The van der Waals surface area contributed by atoms with E-state index in [0.29, 0.717) is 6.42 Å². The minimum Gasteiger partial charge on any atom is -0.481 e. The Morgan fingerprint density at radius 1 is 0.815 bits per heavy atom. The molecule has 3 aromatic rings. The third-order valence-corrected chi connectivity index (χ3v) is 5.71. The van der Waals surface area contributed by atoms with Gasteiger partial charge in [-0.1, -0.05) is 84.9 Å². The SMILES string of the molecule is I.O=C(O)CCCc1ccccc1C(P)(c1ccccc1)c1ccccc1. The van der Waals surface area contributed by atoms with Gasteiger partial charge in [0.05, 0.1) is 5.16 Å². The Balaban J connectivity index is 0.00000261. The molecular weight excluding hydrogens is 466 g/mol. The van der Waals surface area contributed by atoms with E-state index in [-0.39, 0.29) is 35.6 Å². The normalized spacial score (nSPS) is 10.9. The van der Waals surface area contributed by atoms with E-state index in [2.05, 4.69) is 76.0 Å². The van der Waals surface area contributed by atoms with Gasteiger partial charge in [-0.25, -0.2) is 0 Å². The van der Waals surface area contributed by atoms with E-state index in [1.165, 1.54) is 22.3 Å². The molecule has 1 unspecified atom stereocenters. The van der Waals surface area contributed by atoms with E-state index < -0.39 is 5.97 Å². The molecular formula is C23H24IO2P. The van der Waals surface area contributed by atoms with Gasteiger partial charge in [0.1, 0.15) is 0 Å². The molecule has 0 saturated heterocycles. The summed E-state index contributed by atoms with van der Waals surface area (Å²) in [6.45, 7) is 0. The number of halogens is 1. The summed E-state index contributed by atoms with van der Waals surface area (Å²) < 4.78 is 0. The van der Waals surface area contributed by atoms with Crippen LogP contribution in [0.4, 0.5) is 0 Å². The molecule has 3 aromatic carbocycles. The fourth-order valence-corrected chi connectivity index (χ4v) is 4.10. The molecule has 140 valence electrons. The number of carbonyl (C=O) groups is 1. The maximum Gasteiger partial charge on any atom is 0.303 e. The zero-order chi connectivity index (χ0) is 18.4. The topological polar surface area (TPSA) is 37.3 Å². The molecule has 0 amide bonds. The first-order valence-corrected chi connectivity index (χ1v) is 9.40. The molecule has 3 rings (SSSR count). The van der Waals surface area contributed by atoms with Crippen molar-refractivity contribution in [2.24, 2.45) is 0 Å². The van der Waals surface area contributed by atoms with Crippen LogP contribution in [0, 0.1) is 0 Å². The summed E-state index contributed by atoms with van der Waals surface area (Å²) in [6, 6.07) is 29.2. The average Bonchev–Trinajstić information content (AvgIpc) is 2.69. The van der Waals surface area contributed by atoms with Crippen LogP contribution in [0.2, 0.25) is 0 Å². The van der Waals surface area contributed by atoms with Crippen molar-refractivity contribution >= 4 is 39.2 Å². The second kappa shape index (κ2) is 10.0. The van der Waals surface area contributed by atoms with Crippen LogP contribution < -0.4 is 0 Å². The van der Waals surface area contributed by atoms with Crippen LogP contribution in [-0.4, -0.2) is 11.1 Å². The van der Waals surface area contributed by atoms with Crippen LogP contribution >= 0.6 is 33.2 Å². The highest BCUT2D eigenvalue weighted by Crippen LogP contribution is 2.46. The number of hydrogen-bond donors (Lipinski definition) is 1. The van der Waals surface area contributed by atoms with Crippen molar-refractivity contribution in [2.75, 3.05) is 0 Å². The number of hydrogen-bond acceptors (Lipinski definition) is 1. The lowest BCUT2D eigenvalue weighted by Crippen LogP contribution is -2.23. The van der Waals surface area contributed by atoms with E-state index in [9.17, 15) is 4.79 Å². The molecule has 4 heteroatoms. The van der Waals surface area contributed by atoms with Gasteiger partial charge in [-0.3, -0.25) is 4.79 Å². The minimum atomic E-state index is -0.745. The molecule has 1 atom stereocenters. The molecule has 0 fully saturated rings. The largest absolute Gasteiger partial charge is 0.481 e. The van der Waals surface area contributed by atoms with Gasteiger partial charge in [0.15, 0.2) is 0 Å². The van der Waals surface area contributed by atoms with Crippen molar-refractivity contribution in [1.29, 1.82) is 0 Å². The Hall–Kier alpha value is -1.71. The van der Waals surface area contributed by atoms with E-state index >= 15 is 0 Å². The molecule has 0 saturated carbocycles. The number of rotatable bonds is 7. The Bertz CT molecular complexity index is 826. The first-order chi connectivity index (χ1) is 12.6. The third kappa shape index (κ3) is 4.97. The number of benzene rings is 3. The number of aryl methyl sites for hydroxylation is 1. The van der Waals surface area contributed by atoms with Gasteiger partial charge in [-0.05, 0) is 35.1 Å². The predicted octanol–water partition coefficient (Wildman–Crippen LogP) is 5.88. The van der Waals surface area contributed by atoms with E-state index in [4.69, 9.17) is 5.11 Å². The maximum atomic E-state index is 10.9. The molecule has 0 spiro atoms. The van der Waals surface area contributed by atoms with Gasteiger partial charge in [0.25, 0.3) is 0 Å². The van der Waals surface area contributed by atoms with Crippen LogP contribution in [0.5, 0.6) is 0 Å². The quantitative estimate of drug-likeness (QED) is 0.255. The van der Waals surface area contributed by atoms with Crippen molar-refractivity contribution in [3.8, 4) is 0 Å². The zero-order valence-corrected chi connectivity index (χ0v) is 18.5. The monoisotopic (exact) mass is 490 g/mol. The van der Waals surface area contributed by atoms with Crippen LogP contribution in [-0.2, 0) is 16.4 Å². The van der Waals surface area contributed by atoms with Crippen molar-refractivity contribution in [3.63, 3.8) is 0 Å². The lowest BCUT2D eigenvalue weighted by atomic mass is 9.81. The summed E-state index contributed by atoms with van der Waals surface area (Å²) in [5, 5.41) is 8.60. The Kier molecular flexibility index (Phi) is 8.00. The lowest BCUT2D eigenvalue weighted by Gasteiger charge is -2.33.